The van der Waals surface area contributed by atoms with E-state index in [0.29, 0.717) is 5.69 Å². The highest BCUT2D eigenvalue weighted by Crippen LogP contribution is 2.29. The molecule has 0 bridgehead atoms. The van der Waals surface area contributed by atoms with Gasteiger partial charge in [-0.3, -0.25) is 4.98 Å². The molecule has 3 nitrogen and oxygen atoms in total. The van der Waals surface area contributed by atoms with Crippen molar-refractivity contribution in [3.8, 4) is 11.3 Å². The molecule has 0 unspecified atom stereocenters. The minimum Gasteiger partial charge on any atom is -0.264 e. The average Bonchev–Trinajstić information content (AvgIpc) is 2.48. The highest BCUT2D eigenvalue weighted by atomic mass is 14.9. The van der Waals surface area contributed by atoms with Crippen molar-refractivity contribution in [2.75, 3.05) is 0 Å². The lowest BCUT2D eigenvalue weighted by atomic mass is 10.0. The molecule has 0 aliphatic rings. The van der Waals surface area contributed by atoms with Gasteiger partial charge in [0.15, 0.2) is 11.9 Å². The Morgan fingerprint density at radius 2 is 2.05 bits per heavy atom. The molecule has 0 spiro atoms. The molecular formula is C17H14N3+. The molecule has 3 aromatic rings. The molecule has 2 aromatic heterocycles. The minimum atomic E-state index is 0.667. The third kappa shape index (κ3) is 1.92. The average molecular weight is 260 g/mol. The maximum Gasteiger partial charge on any atom is 0.221 e. The quantitative estimate of drug-likeness (QED) is 0.484. The Morgan fingerprint density at radius 1 is 1.20 bits per heavy atom. The van der Waals surface area contributed by atoms with Crippen LogP contribution in [0.1, 0.15) is 5.56 Å². The van der Waals surface area contributed by atoms with E-state index in [2.05, 4.69) is 21.3 Å². The van der Waals surface area contributed by atoms with E-state index in [1.807, 2.05) is 49.8 Å². The van der Waals surface area contributed by atoms with E-state index in [-0.39, 0.29) is 0 Å². The first-order valence-corrected chi connectivity index (χ1v) is 6.41. The molecule has 0 saturated carbocycles. The molecule has 0 saturated heterocycles. The zero-order valence-corrected chi connectivity index (χ0v) is 11.5. The molecule has 2 heterocycles. The predicted molar refractivity (Wildman–Crippen MR) is 79.4 cm³/mol. The molecule has 0 N–H and O–H groups in total. The molecule has 0 amide bonds. The zero-order valence-electron chi connectivity index (χ0n) is 11.5. The second-order valence-electron chi connectivity index (χ2n) is 4.85. The van der Waals surface area contributed by atoms with E-state index in [9.17, 15) is 0 Å². The lowest BCUT2D eigenvalue weighted by Crippen LogP contribution is -2.30. The van der Waals surface area contributed by atoms with E-state index in [4.69, 9.17) is 6.57 Å². The summed E-state index contributed by atoms with van der Waals surface area (Å²) in [6.07, 6.45) is 5.73. The molecular weight excluding hydrogens is 246 g/mol. The Balaban J connectivity index is 2.38. The predicted octanol–water partition coefficient (Wildman–Crippen LogP) is 3.59. The van der Waals surface area contributed by atoms with Crippen LogP contribution < -0.4 is 4.57 Å². The van der Waals surface area contributed by atoms with Crippen LogP contribution in [0.5, 0.6) is 0 Å². The zero-order chi connectivity index (χ0) is 14.1. The SMILES string of the molecule is [C-]#[N+]c1ccc2c(-c3cnccc3C)[n+](C)ccc2c1. The van der Waals surface area contributed by atoms with Crippen LogP contribution >= 0.6 is 0 Å². The van der Waals surface area contributed by atoms with Crippen LogP contribution in [0.25, 0.3) is 26.9 Å². The number of nitrogens with zero attached hydrogens (tertiary/aromatic N) is 3. The van der Waals surface area contributed by atoms with Gasteiger partial charge in [0.1, 0.15) is 7.05 Å². The number of pyridine rings is 2. The lowest BCUT2D eigenvalue weighted by Gasteiger charge is -2.07. The normalized spacial score (nSPS) is 10.4. The first-order valence-electron chi connectivity index (χ1n) is 6.41. The number of rotatable bonds is 1. The smallest absolute Gasteiger partial charge is 0.221 e. The molecule has 0 atom stereocenters. The fraction of sp³-hybridized carbons (Fsp3) is 0.118. The van der Waals surface area contributed by atoms with E-state index in [1.54, 1.807) is 6.20 Å². The summed E-state index contributed by atoms with van der Waals surface area (Å²) in [5.74, 6) is 0. The summed E-state index contributed by atoms with van der Waals surface area (Å²) in [5, 5.41) is 2.22. The number of benzene rings is 1. The van der Waals surface area contributed by atoms with E-state index < -0.39 is 0 Å². The van der Waals surface area contributed by atoms with Crippen molar-refractivity contribution in [2.24, 2.45) is 7.05 Å². The fourth-order valence-electron chi connectivity index (χ4n) is 2.48. The molecule has 0 radical (unpaired) electrons. The third-order valence-corrected chi connectivity index (χ3v) is 3.54. The summed E-state index contributed by atoms with van der Waals surface area (Å²) in [7, 11) is 2.03. The van der Waals surface area contributed by atoms with E-state index in [1.165, 1.54) is 5.56 Å². The Kier molecular flexibility index (Phi) is 2.92. The summed E-state index contributed by atoms with van der Waals surface area (Å²) >= 11 is 0. The van der Waals surface area contributed by atoms with Crippen LogP contribution in [0.4, 0.5) is 5.69 Å². The monoisotopic (exact) mass is 260 g/mol. The summed E-state index contributed by atoms with van der Waals surface area (Å²) in [4.78, 5) is 7.74. The molecule has 0 aliphatic heterocycles. The van der Waals surface area contributed by atoms with Crippen LogP contribution in [0, 0.1) is 13.5 Å². The van der Waals surface area contributed by atoms with Gasteiger partial charge >= 0.3 is 0 Å². The number of hydrogen-bond donors (Lipinski definition) is 0. The van der Waals surface area contributed by atoms with Gasteiger partial charge in [-0.05, 0) is 30.0 Å². The van der Waals surface area contributed by atoms with Crippen molar-refractivity contribution in [3.05, 3.63) is 65.9 Å². The van der Waals surface area contributed by atoms with Gasteiger partial charge in [-0.1, -0.05) is 12.1 Å². The van der Waals surface area contributed by atoms with Crippen molar-refractivity contribution in [2.45, 2.75) is 6.92 Å². The van der Waals surface area contributed by atoms with Crippen molar-refractivity contribution in [3.63, 3.8) is 0 Å². The standard InChI is InChI=1S/C17H14N3/c1-12-6-8-19-11-16(12)17-15-5-4-14(18-2)10-13(15)7-9-20(17)3/h4-11H,1,3H3/q+1. The van der Waals surface area contributed by atoms with Gasteiger partial charge in [0.2, 0.25) is 5.69 Å². The molecule has 20 heavy (non-hydrogen) atoms. The summed E-state index contributed by atoms with van der Waals surface area (Å²) in [5.41, 5.74) is 4.11. The van der Waals surface area contributed by atoms with Crippen LogP contribution in [0.15, 0.2) is 48.9 Å². The molecule has 96 valence electrons. The van der Waals surface area contributed by atoms with Gasteiger partial charge in [0, 0.05) is 18.5 Å². The van der Waals surface area contributed by atoms with Gasteiger partial charge in [0.25, 0.3) is 0 Å². The maximum atomic E-state index is 7.12. The molecule has 3 heteroatoms. The maximum absolute atomic E-state index is 7.12. The highest BCUT2D eigenvalue weighted by molar-refractivity contribution is 5.95. The summed E-state index contributed by atoms with van der Waals surface area (Å²) in [6, 6.07) is 9.87. The molecule has 0 aliphatic carbocycles. The Hall–Kier alpha value is -2.73. The largest absolute Gasteiger partial charge is 0.264 e. The van der Waals surface area contributed by atoms with Crippen molar-refractivity contribution in [1.82, 2.24) is 4.98 Å². The number of hydrogen-bond acceptors (Lipinski definition) is 1. The van der Waals surface area contributed by atoms with E-state index >= 15 is 0 Å². The third-order valence-electron chi connectivity index (χ3n) is 3.54. The van der Waals surface area contributed by atoms with Crippen LogP contribution in [-0.2, 0) is 7.05 Å². The second-order valence-corrected chi connectivity index (χ2v) is 4.85. The molecule has 0 fully saturated rings. The van der Waals surface area contributed by atoms with Crippen LogP contribution in [0.2, 0.25) is 0 Å². The first-order chi connectivity index (χ1) is 9.70. The summed E-state index contributed by atoms with van der Waals surface area (Å²) < 4.78 is 2.10. The lowest BCUT2D eigenvalue weighted by molar-refractivity contribution is -0.659. The Bertz CT molecular complexity index is 844. The van der Waals surface area contributed by atoms with Crippen LogP contribution in [0.3, 0.4) is 0 Å². The number of aryl methyl sites for hydroxylation is 2. The van der Waals surface area contributed by atoms with Gasteiger partial charge in [-0.15, -0.1) is 0 Å². The fourth-order valence-corrected chi connectivity index (χ4v) is 2.48. The molecule has 3 rings (SSSR count). The molecule has 1 aromatic carbocycles. The van der Waals surface area contributed by atoms with Crippen molar-refractivity contribution < 1.29 is 4.57 Å². The second kappa shape index (κ2) is 4.75. The van der Waals surface area contributed by atoms with Gasteiger partial charge in [-0.25, -0.2) is 9.41 Å². The van der Waals surface area contributed by atoms with Gasteiger partial charge in [-0.2, -0.15) is 0 Å². The van der Waals surface area contributed by atoms with E-state index in [0.717, 1.165) is 22.0 Å². The van der Waals surface area contributed by atoms with Crippen LogP contribution in [-0.4, -0.2) is 4.98 Å². The topological polar surface area (TPSA) is 21.1 Å². The van der Waals surface area contributed by atoms with Crippen molar-refractivity contribution >= 4 is 16.5 Å². The first kappa shape index (κ1) is 12.3. The Labute approximate surface area is 118 Å². The number of aromatic nitrogens is 2. The van der Waals surface area contributed by atoms with Crippen molar-refractivity contribution in [1.29, 1.82) is 0 Å². The summed E-state index contributed by atoms with van der Waals surface area (Å²) in [6.45, 7) is 9.21. The number of fused-ring (bicyclic) bond motifs is 1. The minimum absolute atomic E-state index is 0.667. The highest BCUT2D eigenvalue weighted by Gasteiger charge is 2.16. The van der Waals surface area contributed by atoms with Gasteiger partial charge < -0.3 is 0 Å². The Morgan fingerprint density at radius 3 is 2.80 bits per heavy atom. The van der Waals surface area contributed by atoms with Gasteiger partial charge in [0.05, 0.1) is 17.5 Å².